The summed E-state index contributed by atoms with van der Waals surface area (Å²) in [6.45, 7) is 1.68. The molecule has 1 fully saturated rings. The number of aryl methyl sites for hydroxylation is 1. The van der Waals surface area contributed by atoms with Crippen molar-refractivity contribution in [2.45, 2.75) is 38.6 Å². The Labute approximate surface area is 81.9 Å². The fourth-order valence-corrected chi connectivity index (χ4v) is 2.01. The predicted octanol–water partition coefficient (Wildman–Crippen LogP) is 2.21. The van der Waals surface area contributed by atoms with E-state index in [-0.39, 0.29) is 10.6 Å². The minimum absolute atomic E-state index is 0.136. The molecular weight excluding hydrogens is 182 g/mol. The molecule has 14 heavy (non-hydrogen) atoms. The third kappa shape index (κ3) is 1.49. The molecule has 1 aromatic heterocycles. The van der Waals surface area contributed by atoms with Crippen LogP contribution < -0.4 is 0 Å². The highest BCUT2D eigenvalue weighted by atomic mass is 16.6. The Morgan fingerprint density at radius 1 is 1.57 bits per heavy atom. The molecule has 0 radical (unpaired) electrons. The van der Waals surface area contributed by atoms with Crippen LogP contribution in [0.5, 0.6) is 0 Å². The van der Waals surface area contributed by atoms with Crippen LogP contribution in [0.4, 0.5) is 5.69 Å². The molecule has 76 valence electrons. The molecule has 0 aliphatic heterocycles. The summed E-state index contributed by atoms with van der Waals surface area (Å²) < 4.78 is 1.76. The summed E-state index contributed by atoms with van der Waals surface area (Å²) in [5.74, 6) is 0. The van der Waals surface area contributed by atoms with Crippen LogP contribution in [0.25, 0.3) is 0 Å². The van der Waals surface area contributed by atoms with Gasteiger partial charge in [0.15, 0.2) is 0 Å². The quantitative estimate of drug-likeness (QED) is 0.537. The molecule has 0 spiro atoms. The summed E-state index contributed by atoms with van der Waals surface area (Å²) in [5, 5.41) is 14.8. The van der Waals surface area contributed by atoms with Crippen molar-refractivity contribution in [1.82, 2.24) is 9.78 Å². The lowest BCUT2D eigenvalue weighted by Crippen LogP contribution is -2.04. The van der Waals surface area contributed by atoms with Crippen LogP contribution >= 0.6 is 0 Å². The van der Waals surface area contributed by atoms with Gasteiger partial charge in [0, 0.05) is 0 Å². The average Bonchev–Trinajstić information content (AvgIpc) is 2.70. The van der Waals surface area contributed by atoms with Crippen LogP contribution in [0.2, 0.25) is 0 Å². The van der Waals surface area contributed by atoms with Crippen LogP contribution in [0.1, 0.15) is 37.4 Å². The molecule has 0 N–H and O–H groups in total. The maximum Gasteiger partial charge on any atom is 0.309 e. The van der Waals surface area contributed by atoms with Crippen molar-refractivity contribution in [1.29, 1.82) is 0 Å². The van der Waals surface area contributed by atoms with Gasteiger partial charge in [-0.3, -0.25) is 14.8 Å². The zero-order valence-electron chi connectivity index (χ0n) is 8.14. The number of rotatable bonds is 2. The molecule has 1 aliphatic rings. The maximum absolute atomic E-state index is 10.6. The highest BCUT2D eigenvalue weighted by Crippen LogP contribution is 2.30. The van der Waals surface area contributed by atoms with Crippen LogP contribution in [-0.2, 0) is 0 Å². The minimum Gasteiger partial charge on any atom is -0.262 e. The van der Waals surface area contributed by atoms with Crippen LogP contribution in [0.15, 0.2) is 6.20 Å². The highest BCUT2D eigenvalue weighted by molar-refractivity contribution is 5.31. The summed E-state index contributed by atoms with van der Waals surface area (Å²) in [5.41, 5.74) is 0.652. The molecule has 0 amide bonds. The van der Waals surface area contributed by atoms with Crippen LogP contribution in [-0.4, -0.2) is 14.7 Å². The van der Waals surface area contributed by atoms with Gasteiger partial charge in [-0.05, 0) is 19.8 Å². The molecule has 0 aromatic carbocycles. The monoisotopic (exact) mass is 195 g/mol. The van der Waals surface area contributed by atoms with Crippen molar-refractivity contribution in [2.75, 3.05) is 0 Å². The van der Waals surface area contributed by atoms with Crippen molar-refractivity contribution in [2.24, 2.45) is 0 Å². The lowest BCUT2D eigenvalue weighted by atomic mass is 10.3. The SMILES string of the molecule is Cc1nn(C2CCCC2)cc1[N+](=O)[O-]. The Bertz CT molecular complexity index is 353. The van der Waals surface area contributed by atoms with Gasteiger partial charge in [0.05, 0.1) is 11.0 Å². The first-order chi connectivity index (χ1) is 6.68. The van der Waals surface area contributed by atoms with Crippen molar-refractivity contribution < 1.29 is 4.92 Å². The van der Waals surface area contributed by atoms with E-state index in [1.807, 2.05) is 0 Å². The number of hydrogen-bond donors (Lipinski definition) is 0. The molecule has 5 heteroatoms. The second-order valence-corrected chi connectivity index (χ2v) is 3.78. The van der Waals surface area contributed by atoms with Gasteiger partial charge in [0.2, 0.25) is 0 Å². The number of hydrogen-bond acceptors (Lipinski definition) is 3. The second-order valence-electron chi connectivity index (χ2n) is 3.78. The van der Waals surface area contributed by atoms with Crippen molar-refractivity contribution in [3.8, 4) is 0 Å². The van der Waals surface area contributed by atoms with Crippen molar-refractivity contribution in [3.05, 3.63) is 22.0 Å². The van der Waals surface area contributed by atoms with Crippen LogP contribution in [0, 0.1) is 17.0 Å². The molecule has 2 rings (SSSR count). The lowest BCUT2D eigenvalue weighted by molar-refractivity contribution is -0.385. The number of nitro groups is 1. The fraction of sp³-hybridized carbons (Fsp3) is 0.667. The number of nitrogens with zero attached hydrogens (tertiary/aromatic N) is 3. The first-order valence-electron chi connectivity index (χ1n) is 4.88. The van der Waals surface area contributed by atoms with E-state index in [0.717, 1.165) is 12.8 Å². The first kappa shape index (κ1) is 9.18. The second kappa shape index (κ2) is 3.40. The topological polar surface area (TPSA) is 61.0 Å². The molecule has 1 saturated carbocycles. The van der Waals surface area contributed by atoms with Gasteiger partial charge in [0.1, 0.15) is 11.9 Å². The van der Waals surface area contributed by atoms with Gasteiger partial charge < -0.3 is 0 Å². The predicted molar refractivity (Wildman–Crippen MR) is 51.1 cm³/mol. The van der Waals surface area contributed by atoms with E-state index in [2.05, 4.69) is 5.10 Å². The first-order valence-corrected chi connectivity index (χ1v) is 4.88. The molecule has 1 aliphatic carbocycles. The Balaban J connectivity index is 2.27. The molecule has 1 aromatic rings. The standard InChI is InChI=1S/C9H13N3O2/c1-7-9(12(13)14)6-11(10-7)8-4-2-3-5-8/h6,8H,2-5H2,1H3. The molecular formula is C9H13N3O2. The molecule has 0 bridgehead atoms. The lowest BCUT2D eigenvalue weighted by Gasteiger charge is -2.07. The Morgan fingerprint density at radius 2 is 2.21 bits per heavy atom. The molecule has 0 saturated heterocycles. The third-order valence-corrected chi connectivity index (χ3v) is 2.79. The molecule has 0 atom stereocenters. The van der Waals surface area contributed by atoms with E-state index >= 15 is 0 Å². The van der Waals surface area contributed by atoms with E-state index in [1.54, 1.807) is 17.8 Å². The Hall–Kier alpha value is -1.39. The van der Waals surface area contributed by atoms with Gasteiger partial charge in [-0.25, -0.2) is 0 Å². The summed E-state index contributed by atoms with van der Waals surface area (Å²) >= 11 is 0. The Kier molecular flexibility index (Phi) is 2.23. The summed E-state index contributed by atoms with van der Waals surface area (Å²) in [7, 11) is 0. The van der Waals surface area contributed by atoms with E-state index in [9.17, 15) is 10.1 Å². The van der Waals surface area contributed by atoms with Gasteiger partial charge in [-0.2, -0.15) is 5.10 Å². The molecule has 5 nitrogen and oxygen atoms in total. The largest absolute Gasteiger partial charge is 0.309 e. The van der Waals surface area contributed by atoms with Crippen molar-refractivity contribution in [3.63, 3.8) is 0 Å². The average molecular weight is 195 g/mol. The van der Waals surface area contributed by atoms with E-state index < -0.39 is 0 Å². The van der Waals surface area contributed by atoms with Crippen molar-refractivity contribution >= 4 is 5.69 Å². The Morgan fingerprint density at radius 3 is 2.71 bits per heavy atom. The van der Waals surface area contributed by atoms with E-state index in [0.29, 0.717) is 11.7 Å². The molecule has 1 heterocycles. The molecule has 0 unspecified atom stereocenters. The van der Waals surface area contributed by atoms with Crippen LogP contribution in [0.3, 0.4) is 0 Å². The fourth-order valence-electron chi connectivity index (χ4n) is 2.01. The normalized spacial score (nSPS) is 17.5. The minimum atomic E-state index is -0.367. The summed E-state index contributed by atoms with van der Waals surface area (Å²) in [6, 6.07) is 0.377. The number of aromatic nitrogens is 2. The van der Waals surface area contributed by atoms with E-state index in [1.165, 1.54) is 12.8 Å². The summed E-state index contributed by atoms with van der Waals surface area (Å²) in [6.07, 6.45) is 6.16. The smallest absolute Gasteiger partial charge is 0.262 e. The van der Waals surface area contributed by atoms with Gasteiger partial charge >= 0.3 is 5.69 Å². The summed E-state index contributed by atoms with van der Waals surface area (Å²) in [4.78, 5) is 10.2. The van der Waals surface area contributed by atoms with Gasteiger partial charge in [-0.1, -0.05) is 12.8 Å². The van der Waals surface area contributed by atoms with Gasteiger partial charge in [-0.15, -0.1) is 0 Å². The maximum atomic E-state index is 10.6. The van der Waals surface area contributed by atoms with Gasteiger partial charge in [0.25, 0.3) is 0 Å². The zero-order chi connectivity index (χ0) is 10.1. The third-order valence-electron chi connectivity index (χ3n) is 2.79. The highest BCUT2D eigenvalue weighted by Gasteiger charge is 2.22. The zero-order valence-corrected chi connectivity index (χ0v) is 8.14. The van der Waals surface area contributed by atoms with E-state index in [4.69, 9.17) is 0 Å².